The fraction of sp³-hybridized carbons (Fsp3) is 0.300. The number of amides is 3. The molecule has 1 heterocycles. The number of nitrogens with one attached hydrogen (secondary N) is 2. The summed E-state index contributed by atoms with van der Waals surface area (Å²) in [6.45, 7) is 6.83. The van der Waals surface area contributed by atoms with E-state index in [9.17, 15) is 14.4 Å². The summed E-state index contributed by atoms with van der Waals surface area (Å²) >= 11 is 3.41. The molecule has 4 rings (SSSR count). The molecular weight excluding hydrogens is 546 g/mol. The minimum atomic E-state index is -0.404. The summed E-state index contributed by atoms with van der Waals surface area (Å²) in [6, 6.07) is 20.8. The third-order valence-corrected chi connectivity index (χ3v) is 7.08. The second-order valence-electron chi connectivity index (χ2n) is 9.81. The Kier molecular flexibility index (Phi) is 8.84. The van der Waals surface area contributed by atoms with Gasteiger partial charge in [0.2, 0.25) is 11.8 Å². The molecule has 3 aromatic carbocycles. The Balaban J connectivity index is 1.26. The van der Waals surface area contributed by atoms with Gasteiger partial charge in [-0.2, -0.15) is 0 Å². The van der Waals surface area contributed by atoms with Crippen LogP contribution in [0.1, 0.15) is 42.9 Å². The molecule has 1 aliphatic heterocycles. The SMILES string of the molecule is Cc1cc(Br)ccc1NC(=O)COc1ccc(N2C[C@@H](C(=O)NCc3ccc(C(C)C)cc3)CC2=O)cc1. The van der Waals surface area contributed by atoms with Gasteiger partial charge in [-0.3, -0.25) is 14.4 Å². The van der Waals surface area contributed by atoms with Crippen LogP contribution in [0, 0.1) is 12.8 Å². The molecule has 0 aliphatic carbocycles. The third-order valence-electron chi connectivity index (χ3n) is 6.59. The Bertz CT molecular complexity index is 1310. The maximum atomic E-state index is 12.7. The van der Waals surface area contributed by atoms with Gasteiger partial charge < -0.3 is 20.3 Å². The highest BCUT2D eigenvalue weighted by atomic mass is 79.9. The summed E-state index contributed by atoms with van der Waals surface area (Å²) in [5.41, 5.74) is 4.65. The van der Waals surface area contributed by atoms with E-state index in [1.807, 2.05) is 37.3 Å². The molecule has 8 heteroatoms. The lowest BCUT2D eigenvalue weighted by molar-refractivity contribution is -0.126. The minimum absolute atomic E-state index is 0.0932. The summed E-state index contributed by atoms with van der Waals surface area (Å²) in [5.74, 6) is 0.0882. The lowest BCUT2D eigenvalue weighted by Gasteiger charge is -2.17. The van der Waals surface area contributed by atoms with Gasteiger partial charge in [-0.05, 0) is 72.0 Å². The van der Waals surface area contributed by atoms with Crippen molar-refractivity contribution >= 4 is 45.0 Å². The van der Waals surface area contributed by atoms with Crippen molar-refractivity contribution in [2.45, 2.75) is 39.7 Å². The second-order valence-corrected chi connectivity index (χ2v) is 10.7. The summed E-state index contributed by atoms with van der Waals surface area (Å²) in [7, 11) is 0. The number of aryl methyl sites for hydroxylation is 1. The topological polar surface area (TPSA) is 87.7 Å². The van der Waals surface area contributed by atoms with Crippen LogP contribution in [0.2, 0.25) is 0 Å². The van der Waals surface area contributed by atoms with Crippen LogP contribution in [-0.4, -0.2) is 30.9 Å². The van der Waals surface area contributed by atoms with Crippen LogP contribution >= 0.6 is 15.9 Å². The van der Waals surface area contributed by atoms with Gasteiger partial charge in [-0.25, -0.2) is 0 Å². The average Bonchev–Trinajstić information content (AvgIpc) is 3.30. The number of hydrogen-bond donors (Lipinski definition) is 2. The van der Waals surface area contributed by atoms with E-state index in [0.29, 0.717) is 30.4 Å². The highest BCUT2D eigenvalue weighted by Gasteiger charge is 2.35. The number of nitrogens with zero attached hydrogens (tertiary/aromatic N) is 1. The van der Waals surface area contributed by atoms with Crippen molar-refractivity contribution in [2.24, 2.45) is 5.92 Å². The second kappa shape index (κ2) is 12.3. The van der Waals surface area contributed by atoms with Crippen molar-refractivity contribution < 1.29 is 19.1 Å². The normalized spacial score (nSPS) is 15.0. The molecule has 0 aromatic heterocycles. The Morgan fingerprint density at radius 3 is 2.42 bits per heavy atom. The van der Waals surface area contributed by atoms with E-state index in [2.05, 4.69) is 52.5 Å². The summed E-state index contributed by atoms with van der Waals surface area (Å²) in [5, 5.41) is 5.80. The molecule has 38 heavy (non-hydrogen) atoms. The van der Waals surface area contributed by atoms with Crippen LogP contribution in [0.15, 0.2) is 71.2 Å². The van der Waals surface area contributed by atoms with Crippen LogP contribution in [-0.2, 0) is 20.9 Å². The number of benzene rings is 3. The largest absolute Gasteiger partial charge is 0.484 e. The first-order valence-electron chi connectivity index (χ1n) is 12.7. The lowest BCUT2D eigenvalue weighted by atomic mass is 10.0. The molecular formula is C30H32BrN3O4. The molecule has 3 aromatic rings. The van der Waals surface area contributed by atoms with Gasteiger partial charge in [-0.15, -0.1) is 0 Å². The first-order valence-corrected chi connectivity index (χ1v) is 13.4. The van der Waals surface area contributed by atoms with E-state index in [1.165, 1.54) is 5.56 Å². The van der Waals surface area contributed by atoms with E-state index in [4.69, 9.17) is 4.74 Å². The van der Waals surface area contributed by atoms with Crippen molar-refractivity contribution in [1.82, 2.24) is 5.32 Å². The molecule has 0 spiro atoms. The van der Waals surface area contributed by atoms with Crippen LogP contribution < -0.4 is 20.3 Å². The number of ether oxygens (including phenoxy) is 1. The molecule has 1 atom stereocenters. The first kappa shape index (κ1) is 27.4. The molecule has 7 nitrogen and oxygen atoms in total. The van der Waals surface area contributed by atoms with Gasteiger partial charge in [0.25, 0.3) is 5.91 Å². The van der Waals surface area contributed by atoms with Crippen LogP contribution in [0.25, 0.3) is 0 Å². The predicted molar refractivity (Wildman–Crippen MR) is 152 cm³/mol. The fourth-order valence-electron chi connectivity index (χ4n) is 4.31. The highest BCUT2D eigenvalue weighted by molar-refractivity contribution is 9.10. The van der Waals surface area contributed by atoms with E-state index >= 15 is 0 Å². The zero-order valence-electron chi connectivity index (χ0n) is 21.8. The van der Waals surface area contributed by atoms with Crippen molar-refractivity contribution in [3.8, 4) is 5.75 Å². The Labute approximate surface area is 231 Å². The summed E-state index contributed by atoms with van der Waals surface area (Å²) in [4.78, 5) is 39.3. The van der Waals surface area contributed by atoms with Crippen molar-refractivity contribution in [3.05, 3.63) is 87.9 Å². The molecule has 1 fully saturated rings. The van der Waals surface area contributed by atoms with Gasteiger partial charge in [0, 0.05) is 35.4 Å². The van der Waals surface area contributed by atoms with Crippen LogP contribution in [0.5, 0.6) is 5.75 Å². The van der Waals surface area contributed by atoms with Gasteiger partial charge in [-0.1, -0.05) is 54.0 Å². The number of halogens is 1. The monoisotopic (exact) mass is 577 g/mol. The van der Waals surface area contributed by atoms with Gasteiger partial charge in [0.05, 0.1) is 5.92 Å². The van der Waals surface area contributed by atoms with Crippen molar-refractivity contribution in [1.29, 1.82) is 0 Å². The van der Waals surface area contributed by atoms with Gasteiger partial charge in [0.15, 0.2) is 6.61 Å². The molecule has 0 saturated carbocycles. The smallest absolute Gasteiger partial charge is 0.262 e. The molecule has 0 radical (unpaired) electrons. The quantitative estimate of drug-likeness (QED) is 0.348. The zero-order chi connectivity index (χ0) is 27.2. The molecule has 198 valence electrons. The number of carbonyl (C=O) groups is 3. The predicted octanol–water partition coefficient (Wildman–Crippen LogP) is 5.57. The molecule has 0 bridgehead atoms. The summed E-state index contributed by atoms with van der Waals surface area (Å²) in [6.07, 6.45) is 0.173. The number of anilines is 2. The third kappa shape index (κ3) is 7.01. The first-order chi connectivity index (χ1) is 18.2. The highest BCUT2D eigenvalue weighted by Crippen LogP contribution is 2.27. The summed E-state index contributed by atoms with van der Waals surface area (Å²) < 4.78 is 6.56. The lowest BCUT2D eigenvalue weighted by Crippen LogP contribution is -2.32. The average molecular weight is 579 g/mol. The van der Waals surface area contributed by atoms with E-state index in [1.54, 1.807) is 29.2 Å². The maximum absolute atomic E-state index is 12.7. The van der Waals surface area contributed by atoms with Crippen molar-refractivity contribution in [2.75, 3.05) is 23.4 Å². The maximum Gasteiger partial charge on any atom is 0.262 e. The van der Waals surface area contributed by atoms with Crippen LogP contribution in [0.4, 0.5) is 11.4 Å². The molecule has 0 unspecified atom stereocenters. The van der Waals surface area contributed by atoms with Gasteiger partial charge in [0.1, 0.15) is 5.75 Å². The van der Waals surface area contributed by atoms with Crippen molar-refractivity contribution in [3.63, 3.8) is 0 Å². The van der Waals surface area contributed by atoms with E-state index < -0.39 is 5.92 Å². The Morgan fingerprint density at radius 1 is 1.05 bits per heavy atom. The Morgan fingerprint density at radius 2 is 1.76 bits per heavy atom. The minimum Gasteiger partial charge on any atom is -0.484 e. The van der Waals surface area contributed by atoms with E-state index in [-0.39, 0.29) is 30.7 Å². The van der Waals surface area contributed by atoms with Gasteiger partial charge >= 0.3 is 0 Å². The standard InChI is InChI=1S/C30H32BrN3O4/c1-19(2)22-6-4-21(5-7-22)16-32-30(37)23-15-29(36)34(17-23)25-9-11-26(12-10-25)38-18-28(35)33-27-13-8-24(31)14-20(27)3/h4-14,19,23H,15-18H2,1-3H3,(H,32,37)(H,33,35)/t23-/m0/s1. The fourth-order valence-corrected chi connectivity index (χ4v) is 4.79. The molecule has 2 N–H and O–H groups in total. The molecule has 1 aliphatic rings. The van der Waals surface area contributed by atoms with Crippen LogP contribution in [0.3, 0.4) is 0 Å². The molecule has 1 saturated heterocycles. The number of hydrogen-bond acceptors (Lipinski definition) is 4. The zero-order valence-corrected chi connectivity index (χ0v) is 23.4. The number of carbonyl (C=O) groups excluding carboxylic acids is 3. The van der Waals surface area contributed by atoms with E-state index in [0.717, 1.165) is 21.3 Å². The molecule has 3 amide bonds. The number of rotatable bonds is 9. The Hall–Kier alpha value is -3.65.